The molecule has 2 heterocycles. The molecule has 0 amide bonds. The molecule has 0 aliphatic carbocycles. The van der Waals surface area contributed by atoms with Crippen molar-refractivity contribution in [1.29, 1.82) is 0 Å². The van der Waals surface area contributed by atoms with Crippen LogP contribution in [-0.2, 0) is 0 Å². The second kappa shape index (κ2) is 15.0. The number of pyridine rings is 1. The van der Waals surface area contributed by atoms with Gasteiger partial charge in [0.25, 0.3) is 0 Å². The predicted octanol–water partition coefficient (Wildman–Crippen LogP) is 14.4. The first kappa shape index (κ1) is 35.1. The number of hydrogen-bond donors (Lipinski definition) is 0. The lowest BCUT2D eigenvalue weighted by Gasteiger charge is -2.13. The molecule has 0 bridgehead atoms. The van der Waals surface area contributed by atoms with Crippen LogP contribution in [0.4, 0.5) is 0 Å². The van der Waals surface area contributed by atoms with Crippen LogP contribution in [0.15, 0.2) is 218 Å². The van der Waals surface area contributed by atoms with Gasteiger partial charge in [0, 0.05) is 38.4 Å². The second-order valence-corrected chi connectivity index (χ2v) is 15.0. The predicted molar refractivity (Wildman–Crippen MR) is 248 cm³/mol. The summed E-state index contributed by atoms with van der Waals surface area (Å²) in [5.74, 6) is 1.87. The number of fused-ring (bicyclic) bond motifs is 5. The Kier molecular flexibility index (Phi) is 8.79. The molecular formula is C56H36N4. The van der Waals surface area contributed by atoms with Crippen LogP contribution in [0.1, 0.15) is 0 Å². The average Bonchev–Trinajstić information content (AvgIpc) is 3.34. The lowest BCUT2D eigenvalue weighted by atomic mass is 9.96. The Labute approximate surface area is 348 Å². The van der Waals surface area contributed by atoms with Crippen LogP contribution < -0.4 is 0 Å². The van der Waals surface area contributed by atoms with Crippen molar-refractivity contribution in [3.05, 3.63) is 218 Å². The van der Waals surface area contributed by atoms with E-state index >= 15 is 0 Å². The van der Waals surface area contributed by atoms with Crippen LogP contribution >= 0.6 is 0 Å². The van der Waals surface area contributed by atoms with Crippen LogP contribution in [0.2, 0.25) is 0 Å². The van der Waals surface area contributed by atoms with E-state index in [2.05, 4.69) is 206 Å². The molecule has 2 aromatic heterocycles. The fourth-order valence-corrected chi connectivity index (χ4v) is 8.22. The minimum Gasteiger partial charge on any atom is -0.246 e. The minimum absolute atomic E-state index is 0.617. The Hall–Kier alpha value is -8.08. The van der Waals surface area contributed by atoms with Gasteiger partial charge in [0.15, 0.2) is 17.5 Å². The third kappa shape index (κ3) is 6.56. The van der Waals surface area contributed by atoms with Crippen molar-refractivity contribution in [3.63, 3.8) is 0 Å². The minimum atomic E-state index is 0.617. The van der Waals surface area contributed by atoms with Crippen molar-refractivity contribution >= 4 is 32.4 Å². The summed E-state index contributed by atoms with van der Waals surface area (Å²) in [6.45, 7) is 0. The van der Waals surface area contributed by atoms with E-state index in [0.717, 1.165) is 66.5 Å². The van der Waals surface area contributed by atoms with Crippen molar-refractivity contribution in [1.82, 2.24) is 19.9 Å². The summed E-state index contributed by atoms with van der Waals surface area (Å²) in [4.78, 5) is 20.6. The Balaban J connectivity index is 0.973. The van der Waals surface area contributed by atoms with E-state index in [4.69, 9.17) is 19.9 Å². The number of hydrogen-bond acceptors (Lipinski definition) is 4. The van der Waals surface area contributed by atoms with Gasteiger partial charge in [0.1, 0.15) is 0 Å². The maximum Gasteiger partial charge on any atom is 0.164 e. The molecular weight excluding hydrogens is 729 g/mol. The van der Waals surface area contributed by atoms with E-state index in [-0.39, 0.29) is 0 Å². The van der Waals surface area contributed by atoms with Crippen molar-refractivity contribution in [2.75, 3.05) is 0 Å². The summed E-state index contributed by atoms with van der Waals surface area (Å²) < 4.78 is 0. The van der Waals surface area contributed by atoms with Gasteiger partial charge in [-0.2, -0.15) is 0 Å². The topological polar surface area (TPSA) is 51.6 Å². The van der Waals surface area contributed by atoms with Gasteiger partial charge in [-0.1, -0.05) is 212 Å². The van der Waals surface area contributed by atoms with Gasteiger partial charge in [-0.3, -0.25) is 0 Å². The molecule has 4 nitrogen and oxygen atoms in total. The molecule has 0 radical (unpaired) electrons. The normalized spacial score (nSPS) is 11.3. The van der Waals surface area contributed by atoms with Gasteiger partial charge in [-0.15, -0.1) is 0 Å². The Morgan fingerprint density at radius 2 is 0.633 bits per heavy atom. The highest BCUT2D eigenvalue weighted by Gasteiger charge is 2.16. The zero-order valence-corrected chi connectivity index (χ0v) is 32.6. The molecule has 0 aliphatic rings. The summed E-state index contributed by atoms with van der Waals surface area (Å²) in [6.07, 6.45) is 0. The van der Waals surface area contributed by atoms with E-state index < -0.39 is 0 Å². The maximum absolute atomic E-state index is 5.34. The molecule has 11 rings (SSSR count). The Morgan fingerprint density at radius 1 is 0.217 bits per heavy atom. The first-order valence-electron chi connectivity index (χ1n) is 20.2. The summed E-state index contributed by atoms with van der Waals surface area (Å²) >= 11 is 0. The molecule has 0 atom stereocenters. The van der Waals surface area contributed by atoms with Crippen LogP contribution in [0.5, 0.6) is 0 Å². The average molecular weight is 765 g/mol. The van der Waals surface area contributed by atoms with Gasteiger partial charge in [-0.05, 0) is 50.2 Å². The zero-order valence-electron chi connectivity index (χ0n) is 32.6. The lowest BCUT2D eigenvalue weighted by molar-refractivity contribution is 1.07. The van der Waals surface area contributed by atoms with Gasteiger partial charge >= 0.3 is 0 Å². The lowest BCUT2D eigenvalue weighted by Crippen LogP contribution is -2.00. The molecule has 11 aromatic rings. The van der Waals surface area contributed by atoms with Gasteiger partial charge < -0.3 is 0 Å². The molecule has 0 saturated carbocycles. The first-order chi connectivity index (χ1) is 29.7. The van der Waals surface area contributed by atoms with Gasteiger partial charge in [0.05, 0.1) is 11.2 Å². The van der Waals surface area contributed by atoms with Crippen LogP contribution in [0.3, 0.4) is 0 Å². The molecule has 0 saturated heterocycles. The zero-order chi connectivity index (χ0) is 39.8. The van der Waals surface area contributed by atoms with Crippen LogP contribution in [0.25, 0.3) is 111 Å². The van der Waals surface area contributed by atoms with E-state index in [1.54, 1.807) is 0 Å². The van der Waals surface area contributed by atoms with Crippen molar-refractivity contribution < 1.29 is 0 Å². The third-order valence-electron chi connectivity index (χ3n) is 11.3. The van der Waals surface area contributed by atoms with E-state index in [1.165, 1.54) is 27.3 Å². The monoisotopic (exact) mass is 764 g/mol. The fourth-order valence-electron chi connectivity index (χ4n) is 8.22. The van der Waals surface area contributed by atoms with E-state index in [9.17, 15) is 0 Å². The number of aromatic nitrogens is 4. The summed E-state index contributed by atoms with van der Waals surface area (Å²) in [7, 11) is 0. The number of benzene rings is 9. The van der Waals surface area contributed by atoms with Gasteiger partial charge in [0.2, 0.25) is 0 Å². The quantitative estimate of drug-likeness (QED) is 0.152. The molecule has 4 heteroatoms. The second-order valence-electron chi connectivity index (χ2n) is 15.0. The molecule has 0 fully saturated rings. The standard InChI is InChI=1S/C56H36N4/c1-3-12-37(13-4-1)39-24-30-44(31-25-39)54-58-55(45-32-26-40(27-33-45)38-14-5-2-6-15-38)60-56(59-54)47-18-11-17-46(36-47)41-22-28-43(29-23-41)52-50-21-10-9-20-49(50)51-35-34-42-16-7-8-19-48(42)53(51)57-52/h1-36H. The van der Waals surface area contributed by atoms with Crippen molar-refractivity contribution in [3.8, 4) is 78.8 Å². The highest BCUT2D eigenvalue weighted by Crippen LogP contribution is 2.37. The highest BCUT2D eigenvalue weighted by atomic mass is 15.0. The smallest absolute Gasteiger partial charge is 0.164 e. The first-order valence-corrected chi connectivity index (χ1v) is 20.2. The summed E-state index contributed by atoms with van der Waals surface area (Å²) in [5, 5.41) is 5.86. The molecule has 280 valence electrons. The van der Waals surface area contributed by atoms with Crippen molar-refractivity contribution in [2.24, 2.45) is 0 Å². The Morgan fingerprint density at radius 3 is 1.23 bits per heavy atom. The maximum atomic E-state index is 5.34. The van der Waals surface area contributed by atoms with E-state index in [1.807, 2.05) is 12.1 Å². The van der Waals surface area contributed by atoms with Gasteiger partial charge in [-0.25, -0.2) is 19.9 Å². The number of nitrogens with zero attached hydrogens (tertiary/aromatic N) is 4. The summed E-state index contributed by atoms with van der Waals surface area (Å²) in [6, 6.07) is 76.4. The third-order valence-corrected chi connectivity index (χ3v) is 11.3. The Bertz CT molecular complexity index is 3220. The van der Waals surface area contributed by atoms with Crippen LogP contribution in [0, 0.1) is 0 Å². The fraction of sp³-hybridized carbons (Fsp3) is 0. The van der Waals surface area contributed by atoms with Crippen LogP contribution in [-0.4, -0.2) is 19.9 Å². The molecule has 0 spiro atoms. The SMILES string of the molecule is c1ccc(-c2ccc(-c3nc(-c4ccc(-c5ccccc5)cc4)nc(-c4cccc(-c5ccc(-c6nc7c8ccccc8ccc7c7ccccc67)cc5)c4)n3)cc2)cc1. The molecule has 0 unspecified atom stereocenters. The number of rotatable bonds is 7. The molecule has 9 aromatic carbocycles. The highest BCUT2D eigenvalue weighted by molar-refractivity contribution is 6.18. The summed E-state index contributed by atoms with van der Waals surface area (Å²) in [5.41, 5.74) is 12.6. The molecule has 60 heavy (non-hydrogen) atoms. The largest absolute Gasteiger partial charge is 0.246 e. The molecule has 0 aliphatic heterocycles. The molecule has 0 N–H and O–H groups in total. The van der Waals surface area contributed by atoms with E-state index in [0.29, 0.717) is 17.5 Å². The van der Waals surface area contributed by atoms with Crippen molar-refractivity contribution in [2.45, 2.75) is 0 Å².